The lowest BCUT2D eigenvalue weighted by Gasteiger charge is -2.40. The van der Waals surface area contributed by atoms with E-state index in [0.717, 1.165) is 13.8 Å². The van der Waals surface area contributed by atoms with Crippen LogP contribution in [0.25, 0.3) is 0 Å². The minimum Gasteiger partial charge on any atom is -0.463 e. The van der Waals surface area contributed by atoms with E-state index in [4.69, 9.17) is 30.5 Å². The average molecular weight is 338 g/mol. The van der Waals surface area contributed by atoms with Crippen molar-refractivity contribution >= 4 is 29.5 Å². The van der Waals surface area contributed by atoms with Crippen LogP contribution >= 0.6 is 11.6 Å². The molecule has 5 atom stereocenters. The number of halogens is 1. The normalized spacial score (nSPS) is 31.0. The molecule has 0 N–H and O–H groups in total. The number of ether oxygens (including phenoxy) is 4. The van der Waals surface area contributed by atoms with Crippen molar-refractivity contribution < 1.29 is 33.3 Å². The van der Waals surface area contributed by atoms with Gasteiger partial charge in [-0.25, -0.2) is 0 Å². The van der Waals surface area contributed by atoms with Crippen molar-refractivity contribution in [3.8, 4) is 0 Å². The number of hydrogen-bond donors (Lipinski definition) is 0. The molecule has 0 spiro atoms. The van der Waals surface area contributed by atoms with Gasteiger partial charge in [0, 0.05) is 20.8 Å². The van der Waals surface area contributed by atoms with Gasteiger partial charge in [-0.15, -0.1) is 0 Å². The number of alkyl halides is 1. The molecule has 0 bridgehead atoms. The fourth-order valence-corrected chi connectivity index (χ4v) is 2.31. The lowest BCUT2D eigenvalue weighted by Crippen LogP contribution is -2.59. The molecule has 1 saturated heterocycles. The zero-order valence-corrected chi connectivity index (χ0v) is 12.9. The van der Waals surface area contributed by atoms with Crippen LogP contribution in [0.5, 0.6) is 0 Å². The van der Waals surface area contributed by atoms with Gasteiger partial charge in [0.1, 0.15) is 12.7 Å². The molecule has 10 heteroatoms. The third-order valence-electron chi connectivity index (χ3n) is 2.78. The SMILES string of the molecule is CC(=O)OCC1OC(Cl)C(N=O)C(OC(C)=O)C1OC(C)=O. The van der Waals surface area contributed by atoms with E-state index in [1.807, 2.05) is 0 Å². The van der Waals surface area contributed by atoms with Crippen LogP contribution in [0.3, 0.4) is 0 Å². The van der Waals surface area contributed by atoms with Crippen LogP contribution in [0.4, 0.5) is 0 Å². The molecule has 22 heavy (non-hydrogen) atoms. The quantitative estimate of drug-likeness (QED) is 0.308. The van der Waals surface area contributed by atoms with Crippen LogP contribution in [0.2, 0.25) is 0 Å². The molecule has 0 amide bonds. The van der Waals surface area contributed by atoms with Crippen molar-refractivity contribution in [3.63, 3.8) is 0 Å². The topological polar surface area (TPSA) is 118 Å². The summed E-state index contributed by atoms with van der Waals surface area (Å²) in [5.74, 6) is -2.00. The minimum atomic E-state index is -1.27. The minimum absolute atomic E-state index is 0.292. The Hall–Kier alpha value is -1.74. The molecule has 1 aliphatic heterocycles. The summed E-state index contributed by atoms with van der Waals surface area (Å²) in [6.45, 7) is 3.14. The van der Waals surface area contributed by atoms with E-state index < -0.39 is 47.8 Å². The molecule has 0 aromatic rings. The molecule has 0 aliphatic carbocycles. The number of nitroso groups, excluding NO2 is 1. The summed E-state index contributed by atoms with van der Waals surface area (Å²) in [6.07, 6.45) is -3.42. The first-order valence-electron chi connectivity index (χ1n) is 6.36. The van der Waals surface area contributed by atoms with Crippen LogP contribution in [-0.2, 0) is 33.3 Å². The standard InChI is InChI=1S/C12H16ClNO8/c1-5(15)19-4-8-10(20-6(2)16)11(21-7(3)17)9(14-18)12(13)22-8/h8-12H,4H2,1-3H3. The number of esters is 3. The lowest BCUT2D eigenvalue weighted by atomic mass is 9.98. The summed E-state index contributed by atoms with van der Waals surface area (Å²) in [7, 11) is 0. The molecule has 9 nitrogen and oxygen atoms in total. The second-order valence-corrected chi connectivity index (χ2v) is 5.00. The third kappa shape index (κ3) is 4.92. The fourth-order valence-electron chi connectivity index (χ4n) is 1.98. The predicted octanol–water partition coefficient (Wildman–Crippen LogP) is 0.512. The predicted molar refractivity (Wildman–Crippen MR) is 71.8 cm³/mol. The maximum absolute atomic E-state index is 11.2. The van der Waals surface area contributed by atoms with E-state index in [1.54, 1.807) is 0 Å². The van der Waals surface area contributed by atoms with Gasteiger partial charge in [-0.2, -0.15) is 4.91 Å². The number of hydrogen-bond acceptors (Lipinski definition) is 9. The maximum Gasteiger partial charge on any atom is 0.303 e. The molecule has 5 unspecified atom stereocenters. The Morgan fingerprint density at radius 3 is 2.05 bits per heavy atom. The molecule has 0 aromatic heterocycles. The number of nitrogens with zero attached hydrogens (tertiary/aromatic N) is 1. The van der Waals surface area contributed by atoms with Crippen molar-refractivity contribution in [2.75, 3.05) is 6.61 Å². The highest BCUT2D eigenvalue weighted by Gasteiger charge is 2.50. The Morgan fingerprint density at radius 1 is 1.05 bits per heavy atom. The summed E-state index contributed by atoms with van der Waals surface area (Å²) in [5.41, 5.74) is -1.23. The summed E-state index contributed by atoms with van der Waals surface area (Å²) in [6, 6.07) is -1.27. The van der Waals surface area contributed by atoms with Gasteiger partial charge in [0.2, 0.25) is 0 Å². The van der Waals surface area contributed by atoms with E-state index >= 15 is 0 Å². The summed E-state index contributed by atoms with van der Waals surface area (Å²) >= 11 is 5.88. The van der Waals surface area contributed by atoms with Crippen LogP contribution in [-0.4, -0.2) is 54.4 Å². The molecule has 0 saturated carbocycles. The van der Waals surface area contributed by atoms with E-state index in [1.165, 1.54) is 6.92 Å². The largest absolute Gasteiger partial charge is 0.463 e. The molecule has 1 heterocycles. The van der Waals surface area contributed by atoms with Gasteiger partial charge in [-0.3, -0.25) is 14.4 Å². The highest BCUT2D eigenvalue weighted by Crippen LogP contribution is 2.30. The van der Waals surface area contributed by atoms with Gasteiger partial charge in [-0.05, 0) is 0 Å². The Labute approximate surface area is 131 Å². The molecule has 1 fully saturated rings. The highest BCUT2D eigenvalue weighted by atomic mass is 35.5. The molecule has 0 aromatic carbocycles. The van der Waals surface area contributed by atoms with Gasteiger partial charge < -0.3 is 18.9 Å². The smallest absolute Gasteiger partial charge is 0.303 e. The van der Waals surface area contributed by atoms with Crippen molar-refractivity contribution in [2.45, 2.75) is 50.7 Å². The van der Waals surface area contributed by atoms with Crippen molar-refractivity contribution in [2.24, 2.45) is 5.18 Å². The second-order valence-electron chi connectivity index (χ2n) is 4.57. The Morgan fingerprint density at radius 2 is 1.59 bits per heavy atom. The van der Waals surface area contributed by atoms with E-state index in [9.17, 15) is 19.3 Å². The van der Waals surface area contributed by atoms with E-state index in [2.05, 4.69) is 5.18 Å². The first-order chi connectivity index (χ1) is 10.3. The first kappa shape index (κ1) is 18.3. The second kappa shape index (κ2) is 8.04. The van der Waals surface area contributed by atoms with E-state index in [0.29, 0.717) is 0 Å². The van der Waals surface area contributed by atoms with Gasteiger partial charge in [0.25, 0.3) is 0 Å². The lowest BCUT2D eigenvalue weighted by molar-refractivity contribution is -0.209. The van der Waals surface area contributed by atoms with Crippen LogP contribution in [0.1, 0.15) is 20.8 Å². The summed E-state index contributed by atoms with van der Waals surface area (Å²) < 4.78 is 20.1. The summed E-state index contributed by atoms with van der Waals surface area (Å²) in [5, 5.41) is 2.77. The van der Waals surface area contributed by atoms with Gasteiger partial charge in [0.05, 0.1) is 0 Å². The number of carbonyl (C=O) groups is 3. The van der Waals surface area contributed by atoms with Gasteiger partial charge in [0.15, 0.2) is 23.8 Å². The monoisotopic (exact) mass is 337 g/mol. The van der Waals surface area contributed by atoms with Gasteiger partial charge in [-0.1, -0.05) is 16.8 Å². The maximum atomic E-state index is 11.2. The third-order valence-corrected chi connectivity index (χ3v) is 3.14. The Kier molecular flexibility index (Phi) is 6.69. The van der Waals surface area contributed by atoms with Crippen LogP contribution in [0, 0.1) is 4.91 Å². The first-order valence-corrected chi connectivity index (χ1v) is 6.79. The van der Waals surface area contributed by atoms with Gasteiger partial charge >= 0.3 is 17.9 Å². The molecule has 1 aliphatic rings. The van der Waals surface area contributed by atoms with Crippen LogP contribution < -0.4 is 0 Å². The number of carbonyl (C=O) groups excluding carboxylic acids is 3. The highest BCUT2D eigenvalue weighted by molar-refractivity contribution is 6.20. The van der Waals surface area contributed by atoms with Crippen molar-refractivity contribution in [3.05, 3.63) is 4.91 Å². The molecular weight excluding hydrogens is 322 g/mol. The fraction of sp³-hybridized carbons (Fsp3) is 0.750. The van der Waals surface area contributed by atoms with Crippen molar-refractivity contribution in [1.29, 1.82) is 0 Å². The molecule has 124 valence electrons. The zero-order valence-electron chi connectivity index (χ0n) is 12.2. The van der Waals surface area contributed by atoms with Crippen molar-refractivity contribution in [1.82, 2.24) is 0 Å². The zero-order chi connectivity index (χ0) is 16.9. The van der Waals surface area contributed by atoms with Crippen LogP contribution in [0.15, 0.2) is 5.18 Å². The van der Waals surface area contributed by atoms with E-state index in [-0.39, 0.29) is 6.61 Å². The molecule has 0 radical (unpaired) electrons. The molecule has 1 rings (SSSR count). The summed E-state index contributed by atoms with van der Waals surface area (Å²) in [4.78, 5) is 44.3. The Balaban J connectivity index is 3.04. The average Bonchev–Trinajstić information content (AvgIpc) is 2.39. The molecular formula is C12H16ClNO8. The number of rotatable bonds is 5. The Bertz CT molecular complexity index is 456.